The van der Waals surface area contributed by atoms with Gasteiger partial charge in [-0.2, -0.15) is 0 Å². The monoisotopic (exact) mass is 1290 g/mol. The van der Waals surface area contributed by atoms with Gasteiger partial charge in [-0.05, 0) is 178 Å². The molecule has 0 spiro atoms. The minimum absolute atomic E-state index is 0.946. The fraction of sp³-hybridized carbons (Fsp3) is 0.0526. The molecule has 0 amide bonds. The molecule has 0 fully saturated rings. The van der Waals surface area contributed by atoms with Crippen molar-refractivity contribution >= 4 is 109 Å². The Morgan fingerprint density at radius 1 is 0.170 bits per heavy atom. The van der Waals surface area contributed by atoms with Crippen LogP contribution in [0.4, 0.5) is 0 Å². The van der Waals surface area contributed by atoms with E-state index < -0.39 is 0 Å². The van der Waals surface area contributed by atoms with Crippen LogP contribution < -0.4 is 0 Å². The lowest BCUT2D eigenvalue weighted by molar-refractivity contribution is 0.668. The summed E-state index contributed by atoms with van der Waals surface area (Å²) in [5.74, 6) is 0. The number of aromatic nitrogens is 3. The zero-order chi connectivity index (χ0) is 67.6. The van der Waals surface area contributed by atoms with E-state index in [9.17, 15) is 0 Å². The fourth-order valence-electron chi connectivity index (χ4n) is 14.2. The van der Waals surface area contributed by atoms with E-state index >= 15 is 0 Å². The maximum Gasteiger partial charge on any atom is 0.135 e. The van der Waals surface area contributed by atoms with Crippen LogP contribution in [-0.2, 0) is 0 Å². The normalized spacial score (nSPS) is 11.2. The summed E-state index contributed by atoms with van der Waals surface area (Å²) in [6.45, 7) is 10.6. The molecule has 0 aliphatic carbocycles. The summed E-state index contributed by atoms with van der Waals surface area (Å²) in [5.41, 5.74) is 26.4. The standard InChI is InChI=1S/3C19H15N.2C19H14O/c1-14-7-6-8-15(13-14)20-18-11-4-2-9-16(18)17-10-3-5-12-19(17)20;1-14-10-12-15(13-11-14)20-18-8-4-2-6-16(18)17-7-3-5-9-19(17)20;1-14-11-12-19-17(13-14)16-9-5-6-10-18(16)20(19)15-7-3-2-4-8-15;1-13-5-4-6-14(11-13)15-9-10-19-17(12-15)16-7-2-3-8-18(16)20-19;1-13-6-8-14(9-7-13)15-10-11-19-17(12-15)16-4-2-3-5-18(16)20-19/h3*2-13H,1H3;2*2-12H,1H3. The van der Waals surface area contributed by atoms with Crippen molar-refractivity contribution in [3.05, 3.63) is 380 Å². The van der Waals surface area contributed by atoms with Gasteiger partial charge in [-0.1, -0.05) is 259 Å². The Morgan fingerprint density at radius 3 is 0.970 bits per heavy atom. The molecule has 20 rings (SSSR count). The number of aryl methyl sites for hydroxylation is 5. The van der Waals surface area contributed by atoms with Crippen LogP contribution in [0, 0.1) is 34.6 Å². The van der Waals surface area contributed by atoms with Gasteiger partial charge in [0.2, 0.25) is 0 Å². The summed E-state index contributed by atoms with van der Waals surface area (Å²) < 4.78 is 18.7. The molecule has 20 aromatic rings. The molecule has 0 aliphatic heterocycles. The minimum Gasteiger partial charge on any atom is -0.456 e. The van der Waals surface area contributed by atoms with Gasteiger partial charge in [-0.25, -0.2) is 0 Å². The predicted octanol–water partition coefficient (Wildman–Crippen LogP) is 26.4. The van der Waals surface area contributed by atoms with Crippen molar-refractivity contribution < 1.29 is 8.83 Å². The molecule has 0 radical (unpaired) electrons. The lowest BCUT2D eigenvalue weighted by Crippen LogP contribution is -1.93. The molecular formula is C95H73N3O2. The molecule has 100 heavy (non-hydrogen) atoms. The first kappa shape index (κ1) is 62.1. The van der Waals surface area contributed by atoms with Gasteiger partial charge in [0.15, 0.2) is 0 Å². The number of para-hydroxylation sites is 8. The van der Waals surface area contributed by atoms with Crippen LogP contribution >= 0.6 is 0 Å². The Bertz CT molecular complexity index is 6230. The smallest absolute Gasteiger partial charge is 0.135 e. The lowest BCUT2D eigenvalue weighted by atomic mass is 10.0. The van der Waals surface area contributed by atoms with Gasteiger partial charge in [0.1, 0.15) is 22.3 Å². The van der Waals surface area contributed by atoms with Gasteiger partial charge < -0.3 is 22.5 Å². The first-order chi connectivity index (χ1) is 49.1. The van der Waals surface area contributed by atoms with E-state index in [0.717, 1.165) is 22.3 Å². The maximum absolute atomic E-state index is 5.87. The zero-order valence-corrected chi connectivity index (χ0v) is 56.6. The van der Waals surface area contributed by atoms with Gasteiger partial charge in [-0.3, -0.25) is 0 Å². The third-order valence-electron chi connectivity index (χ3n) is 19.0. The SMILES string of the molecule is Cc1ccc(-c2ccc3oc4ccccc4c3c2)cc1.Cc1ccc(-n2c3ccccc3c3ccccc32)cc1.Cc1ccc2c(c1)c1ccccc1n2-c1ccccc1.Cc1cccc(-c2ccc3oc4ccccc4c3c2)c1.Cc1cccc(-n2c3ccccc3c3ccccc32)c1. The van der Waals surface area contributed by atoms with Crippen LogP contribution in [0.1, 0.15) is 27.8 Å². The number of hydrogen-bond acceptors (Lipinski definition) is 2. The number of nitrogens with zero attached hydrogens (tertiary/aromatic N) is 3. The first-order valence-corrected chi connectivity index (χ1v) is 34.3. The number of furan rings is 2. The van der Waals surface area contributed by atoms with Gasteiger partial charge in [0.25, 0.3) is 0 Å². The Balaban J connectivity index is 0.0000000972. The second kappa shape index (κ2) is 27.1. The number of fused-ring (bicyclic) bond motifs is 15. The molecule has 5 nitrogen and oxygen atoms in total. The number of hydrogen-bond donors (Lipinski definition) is 0. The second-order valence-corrected chi connectivity index (χ2v) is 26.0. The van der Waals surface area contributed by atoms with Gasteiger partial charge in [-0.15, -0.1) is 0 Å². The predicted molar refractivity (Wildman–Crippen MR) is 424 cm³/mol. The van der Waals surface area contributed by atoms with E-state index in [4.69, 9.17) is 8.83 Å². The molecule has 0 saturated heterocycles. The summed E-state index contributed by atoms with van der Waals surface area (Å²) in [7, 11) is 0. The van der Waals surface area contributed by atoms with Crippen molar-refractivity contribution in [2.24, 2.45) is 0 Å². The van der Waals surface area contributed by atoms with Crippen molar-refractivity contribution in [3.8, 4) is 39.3 Å². The Morgan fingerprint density at radius 2 is 0.490 bits per heavy atom. The molecule has 0 aliphatic rings. The molecule has 15 aromatic carbocycles. The van der Waals surface area contributed by atoms with E-state index in [1.807, 2.05) is 24.3 Å². The quantitative estimate of drug-likeness (QED) is 0.172. The Hall–Kier alpha value is -12.7. The molecule has 5 heterocycles. The number of rotatable bonds is 5. The molecular weight excluding hydrogens is 1220 g/mol. The van der Waals surface area contributed by atoms with E-state index in [2.05, 4.69) is 376 Å². The van der Waals surface area contributed by atoms with Gasteiger partial charge in [0.05, 0.1) is 33.1 Å². The van der Waals surface area contributed by atoms with Gasteiger partial charge >= 0.3 is 0 Å². The van der Waals surface area contributed by atoms with Crippen LogP contribution in [0.3, 0.4) is 0 Å². The van der Waals surface area contributed by atoms with E-state index in [-0.39, 0.29) is 0 Å². The zero-order valence-electron chi connectivity index (χ0n) is 56.6. The molecule has 0 unspecified atom stereocenters. The molecule has 0 saturated carbocycles. The Labute approximate surface area is 581 Å². The first-order valence-electron chi connectivity index (χ1n) is 34.3. The van der Waals surface area contributed by atoms with Crippen LogP contribution in [0.2, 0.25) is 0 Å². The van der Waals surface area contributed by atoms with Crippen LogP contribution in [0.25, 0.3) is 149 Å². The molecule has 0 atom stereocenters. The molecule has 0 N–H and O–H groups in total. The topological polar surface area (TPSA) is 41.1 Å². The third-order valence-corrected chi connectivity index (χ3v) is 19.0. The van der Waals surface area contributed by atoms with E-state index in [0.29, 0.717) is 0 Å². The average molecular weight is 1290 g/mol. The van der Waals surface area contributed by atoms with Crippen molar-refractivity contribution in [1.82, 2.24) is 13.7 Å². The summed E-state index contributed by atoms with van der Waals surface area (Å²) in [6, 6.07) is 124. The largest absolute Gasteiger partial charge is 0.456 e. The summed E-state index contributed by atoms with van der Waals surface area (Å²) >= 11 is 0. The number of benzene rings is 15. The Kier molecular flexibility index (Phi) is 16.8. The van der Waals surface area contributed by atoms with Crippen LogP contribution in [0.5, 0.6) is 0 Å². The minimum atomic E-state index is 0.946. The highest BCUT2D eigenvalue weighted by Crippen LogP contribution is 2.38. The maximum atomic E-state index is 5.87. The summed E-state index contributed by atoms with van der Waals surface area (Å²) in [5, 5.41) is 12.6. The summed E-state index contributed by atoms with van der Waals surface area (Å²) in [6.07, 6.45) is 0. The summed E-state index contributed by atoms with van der Waals surface area (Å²) in [4.78, 5) is 0. The molecule has 0 bridgehead atoms. The second-order valence-electron chi connectivity index (χ2n) is 26.0. The lowest BCUT2D eigenvalue weighted by Gasteiger charge is -2.08. The van der Waals surface area contributed by atoms with Crippen molar-refractivity contribution in [1.29, 1.82) is 0 Å². The van der Waals surface area contributed by atoms with Crippen molar-refractivity contribution in [2.75, 3.05) is 0 Å². The highest BCUT2D eigenvalue weighted by molar-refractivity contribution is 6.12. The van der Waals surface area contributed by atoms with Gasteiger partial charge in [0, 0.05) is 70.9 Å². The highest BCUT2D eigenvalue weighted by atomic mass is 16.3. The van der Waals surface area contributed by atoms with E-state index in [1.165, 1.54) is 154 Å². The highest BCUT2D eigenvalue weighted by Gasteiger charge is 2.16. The van der Waals surface area contributed by atoms with Crippen molar-refractivity contribution in [2.45, 2.75) is 34.6 Å². The molecule has 480 valence electrons. The third kappa shape index (κ3) is 12.2. The van der Waals surface area contributed by atoms with Crippen LogP contribution in [-0.4, -0.2) is 13.7 Å². The van der Waals surface area contributed by atoms with Crippen molar-refractivity contribution in [3.63, 3.8) is 0 Å². The molecule has 5 heteroatoms. The molecule has 5 aromatic heterocycles. The van der Waals surface area contributed by atoms with E-state index in [1.54, 1.807) is 0 Å². The average Bonchev–Trinajstić information content (AvgIpc) is 1.61. The van der Waals surface area contributed by atoms with Crippen LogP contribution in [0.15, 0.2) is 361 Å². The fourth-order valence-corrected chi connectivity index (χ4v) is 14.2.